The van der Waals surface area contributed by atoms with Gasteiger partial charge in [0.05, 0.1) is 23.2 Å². The van der Waals surface area contributed by atoms with Crippen molar-refractivity contribution in [2.75, 3.05) is 20.1 Å². The molecule has 1 unspecified atom stereocenters. The Morgan fingerprint density at radius 3 is 2.95 bits per heavy atom. The molecule has 2 heterocycles. The number of carboxylic acids is 1. The SMILES string of the molecule is Cc1nc(CN(C)C(=O)N2CCCC(C(=O)O)C2)cs1. The molecular formula is C13H19N3O3S. The second kappa shape index (κ2) is 6.21. The molecule has 6 nitrogen and oxygen atoms in total. The molecule has 0 saturated carbocycles. The van der Waals surface area contributed by atoms with Crippen LogP contribution in [0.1, 0.15) is 23.5 Å². The number of hydrogen-bond acceptors (Lipinski definition) is 4. The molecule has 0 spiro atoms. The number of rotatable bonds is 3. The summed E-state index contributed by atoms with van der Waals surface area (Å²) in [6.45, 7) is 3.31. The highest BCUT2D eigenvalue weighted by Crippen LogP contribution is 2.18. The van der Waals surface area contributed by atoms with Crippen molar-refractivity contribution in [1.29, 1.82) is 0 Å². The summed E-state index contributed by atoms with van der Waals surface area (Å²) in [5.74, 6) is -1.26. The second-order valence-corrected chi connectivity index (χ2v) is 6.18. The van der Waals surface area contributed by atoms with E-state index in [0.717, 1.165) is 17.1 Å². The molecule has 1 fully saturated rings. The van der Waals surface area contributed by atoms with E-state index in [1.165, 1.54) is 0 Å². The zero-order valence-corrected chi connectivity index (χ0v) is 12.5. The first-order valence-electron chi connectivity index (χ1n) is 6.61. The molecule has 1 aromatic heterocycles. The van der Waals surface area contributed by atoms with Crippen LogP contribution in [-0.2, 0) is 11.3 Å². The van der Waals surface area contributed by atoms with Crippen LogP contribution in [-0.4, -0.2) is 52.0 Å². The maximum absolute atomic E-state index is 12.3. The van der Waals surface area contributed by atoms with Crippen molar-refractivity contribution >= 4 is 23.3 Å². The third kappa shape index (κ3) is 3.47. The fourth-order valence-electron chi connectivity index (χ4n) is 2.39. The largest absolute Gasteiger partial charge is 0.481 e. The van der Waals surface area contributed by atoms with E-state index in [9.17, 15) is 9.59 Å². The number of hydrogen-bond donors (Lipinski definition) is 1. The number of amides is 2. The fourth-order valence-corrected chi connectivity index (χ4v) is 2.99. The number of thiazole rings is 1. The number of likely N-dealkylation sites (tertiary alicyclic amines) is 1. The van der Waals surface area contributed by atoms with Gasteiger partial charge in [0.2, 0.25) is 0 Å². The van der Waals surface area contributed by atoms with Gasteiger partial charge in [-0.1, -0.05) is 0 Å². The Labute approximate surface area is 122 Å². The highest BCUT2D eigenvalue weighted by Gasteiger charge is 2.29. The maximum atomic E-state index is 12.3. The van der Waals surface area contributed by atoms with Crippen molar-refractivity contribution in [3.8, 4) is 0 Å². The van der Waals surface area contributed by atoms with Gasteiger partial charge in [0, 0.05) is 25.5 Å². The monoisotopic (exact) mass is 297 g/mol. The van der Waals surface area contributed by atoms with Crippen molar-refractivity contribution in [2.24, 2.45) is 5.92 Å². The lowest BCUT2D eigenvalue weighted by atomic mass is 9.99. The summed E-state index contributed by atoms with van der Waals surface area (Å²) in [5.41, 5.74) is 0.871. The molecule has 0 aromatic carbocycles. The zero-order chi connectivity index (χ0) is 14.7. The fraction of sp³-hybridized carbons (Fsp3) is 0.615. The molecule has 2 amide bonds. The molecule has 1 aliphatic heterocycles. The number of carboxylic acid groups (broad SMARTS) is 1. The molecule has 2 rings (SSSR count). The summed E-state index contributed by atoms with van der Waals surface area (Å²) in [6, 6.07) is -0.124. The molecule has 1 N–H and O–H groups in total. The van der Waals surface area contributed by atoms with Crippen LogP contribution in [0.2, 0.25) is 0 Å². The van der Waals surface area contributed by atoms with Crippen molar-refractivity contribution in [1.82, 2.24) is 14.8 Å². The van der Waals surface area contributed by atoms with E-state index in [2.05, 4.69) is 4.98 Å². The van der Waals surface area contributed by atoms with Gasteiger partial charge in [-0.2, -0.15) is 0 Å². The standard InChI is InChI=1S/C13H19N3O3S/c1-9-14-11(8-20-9)7-15(2)13(19)16-5-3-4-10(6-16)12(17)18/h8,10H,3-7H2,1-2H3,(H,17,18). The van der Waals surface area contributed by atoms with Crippen LogP contribution in [0.25, 0.3) is 0 Å². The minimum absolute atomic E-state index is 0.124. The number of aryl methyl sites for hydroxylation is 1. The predicted molar refractivity (Wildman–Crippen MR) is 75.6 cm³/mol. The van der Waals surface area contributed by atoms with E-state index in [0.29, 0.717) is 26.1 Å². The van der Waals surface area contributed by atoms with Crippen LogP contribution in [0.4, 0.5) is 4.79 Å². The number of urea groups is 1. The van der Waals surface area contributed by atoms with Crippen LogP contribution in [0.5, 0.6) is 0 Å². The van der Waals surface area contributed by atoms with Crippen LogP contribution in [0.3, 0.4) is 0 Å². The average Bonchev–Trinajstić information content (AvgIpc) is 2.83. The molecule has 0 bridgehead atoms. The number of carbonyl (C=O) groups excluding carboxylic acids is 1. The molecule has 1 aliphatic rings. The van der Waals surface area contributed by atoms with Gasteiger partial charge in [0.25, 0.3) is 0 Å². The van der Waals surface area contributed by atoms with E-state index >= 15 is 0 Å². The van der Waals surface area contributed by atoms with Gasteiger partial charge in [0.15, 0.2) is 0 Å². The minimum Gasteiger partial charge on any atom is -0.481 e. The highest BCUT2D eigenvalue weighted by molar-refractivity contribution is 7.09. The van der Waals surface area contributed by atoms with Crippen molar-refractivity contribution < 1.29 is 14.7 Å². The van der Waals surface area contributed by atoms with Crippen LogP contribution in [0, 0.1) is 12.8 Å². The van der Waals surface area contributed by atoms with Gasteiger partial charge in [-0.3, -0.25) is 4.79 Å². The first kappa shape index (κ1) is 14.8. The number of carbonyl (C=O) groups is 2. The molecule has 1 saturated heterocycles. The highest BCUT2D eigenvalue weighted by atomic mass is 32.1. The quantitative estimate of drug-likeness (QED) is 0.923. The molecule has 1 aromatic rings. The Bertz CT molecular complexity index is 503. The van der Waals surface area contributed by atoms with Crippen molar-refractivity contribution in [2.45, 2.75) is 26.3 Å². The summed E-state index contributed by atoms with van der Waals surface area (Å²) in [7, 11) is 1.72. The van der Waals surface area contributed by atoms with Crippen molar-refractivity contribution in [3.05, 3.63) is 16.1 Å². The van der Waals surface area contributed by atoms with E-state index in [1.54, 1.807) is 28.2 Å². The second-order valence-electron chi connectivity index (χ2n) is 5.12. The molecular weight excluding hydrogens is 278 g/mol. The van der Waals surface area contributed by atoms with Gasteiger partial charge >= 0.3 is 12.0 Å². The van der Waals surface area contributed by atoms with E-state index in [4.69, 9.17) is 5.11 Å². The van der Waals surface area contributed by atoms with Gasteiger partial charge in [-0.25, -0.2) is 9.78 Å². The molecule has 0 aliphatic carbocycles. The van der Waals surface area contributed by atoms with Crippen molar-refractivity contribution in [3.63, 3.8) is 0 Å². The lowest BCUT2D eigenvalue weighted by Crippen LogP contribution is -2.47. The van der Waals surface area contributed by atoms with Crippen LogP contribution >= 0.6 is 11.3 Å². The summed E-state index contributed by atoms with van der Waals surface area (Å²) in [5, 5.41) is 12.0. The summed E-state index contributed by atoms with van der Waals surface area (Å²) >= 11 is 1.56. The third-order valence-corrected chi connectivity index (χ3v) is 4.26. The first-order valence-corrected chi connectivity index (χ1v) is 7.49. The number of piperidine rings is 1. The predicted octanol–water partition coefficient (Wildman–Crippen LogP) is 1.80. The summed E-state index contributed by atoms with van der Waals surface area (Å²) in [4.78, 5) is 30.9. The number of aliphatic carboxylic acids is 1. The van der Waals surface area contributed by atoms with Gasteiger partial charge in [0.1, 0.15) is 0 Å². The lowest BCUT2D eigenvalue weighted by Gasteiger charge is -2.33. The zero-order valence-electron chi connectivity index (χ0n) is 11.7. The molecule has 110 valence electrons. The van der Waals surface area contributed by atoms with E-state index in [1.807, 2.05) is 12.3 Å². The van der Waals surface area contributed by atoms with Crippen LogP contribution in [0.15, 0.2) is 5.38 Å². The Kier molecular flexibility index (Phi) is 4.59. The van der Waals surface area contributed by atoms with Gasteiger partial charge < -0.3 is 14.9 Å². The number of aromatic nitrogens is 1. The molecule has 7 heteroatoms. The van der Waals surface area contributed by atoms with Crippen LogP contribution < -0.4 is 0 Å². The molecule has 1 atom stereocenters. The normalized spacial score (nSPS) is 18.9. The number of nitrogens with zero attached hydrogens (tertiary/aromatic N) is 3. The Morgan fingerprint density at radius 1 is 1.60 bits per heavy atom. The Balaban J connectivity index is 1.94. The lowest BCUT2D eigenvalue weighted by molar-refractivity contribution is -0.143. The topological polar surface area (TPSA) is 73.7 Å². The summed E-state index contributed by atoms with van der Waals surface area (Å²) in [6.07, 6.45) is 1.39. The smallest absolute Gasteiger partial charge is 0.320 e. The first-order chi connectivity index (χ1) is 9.47. The van der Waals surface area contributed by atoms with Gasteiger partial charge in [-0.05, 0) is 19.8 Å². The summed E-state index contributed by atoms with van der Waals surface area (Å²) < 4.78 is 0. The minimum atomic E-state index is -0.819. The van der Waals surface area contributed by atoms with E-state index in [-0.39, 0.29) is 6.03 Å². The molecule has 20 heavy (non-hydrogen) atoms. The Morgan fingerprint density at radius 2 is 2.35 bits per heavy atom. The maximum Gasteiger partial charge on any atom is 0.320 e. The average molecular weight is 297 g/mol. The Hall–Kier alpha value is -1.63. The molecule has 0 radical (unpaired) electrons. The van der Waals surface area contributed by atoms with E-state index < -0.39 is 11.9 Å². The third-order valence-electron chi connectivity index (χ3n) is 3.43. The van der Waals surface area contributed by atoms with Gasteiger partial charge in [-0.15, -0.1) is 11.3 Å².